The molecule has 0 aromatic carbocycles. The SMILES string of the molecule is CC(=O)NC(=O)OC[C@]1(C)SC2[C@H](N)C(=O)N2[C@H]1C(=O)O. The van der Waals surface area contributed by atoms with E-state index in [0.717, 1.165) is 6.92 Å². The van der Waals surface area contributed by atoms with Gasteiger partial charge < -0.3 is 20.5 Å². The van der Waals surface area contributed by atoms with Gasteiger partial charge in [0.1, 0.15) is 24.1 Å². The second kappa shape index (κ2) is 5.19. The maximum atomic E-state index is 11.7. The van der Waals surface area contributed by atoms with Gasteiger partial charge in [-0.15, -0.1) is 11.8 Å². The number of fused-ring (bicyclic) bond motifs is 1. The highest BCUT2D eigenvalue weighted by atomic mass is 32.2. The average molecular weight is 317 g/mol. The minimum Gasteiger partial charge on any atom is -0.480 e. The van der Waals surface area contributed by atoms with E-state index in [1.54, 1.807) is 6.92 Å². The fourth-order valence-corrected chi connectivity index (χ4v) is 4.06. The number of ether oxygens (including phenoxy) is 1. The molecule has 0 spiro atoms. The predicted molar refractivity (Wildman–Crippen MR) is 71.2 cm³/mol. The van der Waals surface area contributed by atoms with E-state index < -0.39 is 46.1 Å². The van der Waals surface area contributed by atoms with Crippen molar-refractivity contribution in [3.8, 4) is 0 Å². The number of nitrogens with zero attached hydrogens (tertiary/aromatic N) is 1. The molecule has 10 heteroatoms. The third kappa shape index (κ3) is 2.56. The van der Waals surface area contributed by atoms with E-state index in [1.165, 1.54) is 16.7 Å². The minimum absolute atomic E-state index is 0.263. The molecule has 2 rings (SSSR count). The molecule has 0 aliphatic carbocycles. The maximum absolute atomic E-state index is 11.7. The zero-order valence-corrected chi connectivity index (χ0v) is 12.2. The Morgan fingerprint density at radius 1 is 1.52 bits per heavy atom. The quantitative estimate of drug-likeness (QED) is 0.547. The molecule has 2 aliphatic heterocycles. The number of nitrogens with one attached hydrogen (secondary N) is 1. The number of carbonyl (C=O) groups excluding carboxylic acids is 3. The first-order valence-electron chi connectivity index (χ1n) is 6.10. The van der Waals surface area contributed by atoms with Gasteiger partial charge in [-0.3, -0.25) is 14.9 Å². The van der Waals surface area contributed by atoms with Crippen molar-refractivity contribution >= 4 is 35.6 Å². The lowest BCUT2D eigenvalue weighted by Gasteiger charge is -2.41. The van der Waals surface area contributed by atoms with E-state index in [0.29, 0.717) is 0 Å². The number of amides is 3. The highest BCUT2D eigenvalue weighted by Crippen LogP contribution is 2.50. The number of aliphatic carboxylic acids is 1. The van der Waals surface area contributed by atoms with Gasteiger partial charge in [-0.2, -0.15) is 0 Å². The van der Waals surface area contributed by atoms with Gasteiger partial charge in [0.05, 0.1) is 4.75 Å². The van der Waals surface area contributed by atoms with Crippen LogP contribution in [0, 0.1) is 0 Å². The van der Waals surface area contributed by atoms with Gasteiger partial charge in [0, 0.05) is 6.92 Å². The van der Waals surface area contributed by atoms with Crippen LogP contribution in [0.5, 0.6) is 0 Å². The molecule has 9 nitrogen and oxygen atoms in total. The van der Waals surface area contributed by atoms with Crippen molar-refractivity contribution in [3.05, 3.63) is 0 Å². The number of carbonyl (C=O) groups is 4. The molecule has 21 heavy (non-hydrogen) atoms. The predicted octanol–water partition coefficient (Wildman–Crippen LogP) is -1.29. The Morgan fingerprint density at radius 3 is 2.67 bits per heavy atom. The van der Waals surface area contributed by atoms with E-state index in [1.807, 2.05) is 5.32 Å². The number of carboxylic acids is 1. The van der Waals surface area contributed by atoms with Crippen LogP contribution in [0.2, 0.25) is 0 Å². The summed E-state index contributed by atoms with van der Waals surface area (Å²) in [6.45, 7) is 2.47. The number of β-lactam (4-membered cyclic amide) rings is 1. The molecule has 1 unspecified atom stereocenters. The molecule has 3 amide bonds. The van der Waals surface area contributed by atoms with Crippen molar-refractivity contribution in [1.29, 1.82) is 0 Å². The van der Waals surface area contributed by atoms with E-state index in [9.17, 15) is 24.3 Å². The summed E-state index contributed by atoms with van der Waals surface area (Å²) in [5.74, 6) is -2.21. The third-order valence-electron chi connectivity index (χ3n) is 3.37. The van der Waals surface area contributed by atoms with E-state index in [4.69, 9.17) is 10.5 Å². The first-order chi connectivity index (χ1) is 9.67. The van der Waals surface area contributed by atoms with Crippen LogP contribution in [0.3, 0.4) is 0 Å². The normalized spacial score (nSPS) is 34.0. The van der Waals surface area contributed by atoms with Crippen LogP contribution < -0.4 is 11.1 Å². The second-order valence-electron chi connectivity index (χ2n) is 5.09. The summed E-state index contributed by atoms with van der Waals surface area (Å²) in [6, 6.07) is -1.88. The smallest absolute Gasteiger partial charge is 0.413 e. The lowest BCUT2D eigenvalue weighted by molar-refractivity contribution is -0.159. The first kappa shape index (κ1) is 15.6. The summed E-state index contributed by atoms with van der Waals surface area (Å²) in [4.78, 5) is 46.4. The molecule has 0 aromatic rings. The Morgan fingerprint density at radius 2 is 2.14 bits per heavy atom. The third-order valence-corrected chi connectivity index (χ3v) is 5.01. The highest BCUT2D eigenvalue weighted by molar-refractivity contribution is 8.01. The van der Waals surface area contributed by atoms with Gasteiger partial charge in [0.2, 0.25) is 11.8 Å². The number of carboxylic acid groups (broad SMARTS) is 1. The molecule has 2 fully saturated rings. The molecular weight excluding hydrogens is 302 g/mol. The Bertz CT molecular complexity index is 526. The molecule has 0 aromatic heterocycles. The molecular formula is C11H15N3O6S. The number of hydrogen-bond acceptors (Lipinski definition) is 7. The molecule has 4 atom stereocenters. The molecule has 2 aliphatic rings. The van der Waals surface area contributed by atoms with Crippen molar-refractivity contribution in [2.75, 3.05) is 6.61 Å². The summed E-state index contributed by atoms with van der Waals surface area (Å²) in [5.41, 5.74) is 5.64. The van der Waals surface area contributed by atoms with Crippen LogP contribution in [-0.4, -0.2) is 62.7 Å². The van der Waals surface area contributed by atoms with Crippen molar-refractivity contribution in [1.82, 2.24) is 10.2 Å². The molecule has 2 saturated heterocycles. The van der Waals surface area contributed by atoms with Gasteiger partial charge in [-0.25, -0.2) is 9.59 Å². The molecule has 0 bridgehead atoms. The summed E-state index contributed by atoms with van der Waals surface area (Å²) in [6.07, 6.45) is -0.960. The molecule has 0 radical (unpaired) electrons. The molecule has 116 valence electrons. The molecule has 0 saturated carbocycles. The number of alkyl carbamates (subject to hydrolysis) is 1. The first-order valence-corrected chi connectivity index (χ1v) is 6.98. The maximum Gasteiger partial charge on any atom is 0.413 e. The van der Waals surface area contributed by atoms with Gasteiger partial charge in [0.15, 0.2) is 0 Å². The van der Waals surface area contributed by atoms with E-state index in [2.05, 4.69) is 0 Å². The Balaban J connectivity index is 2.09. The summed E-state index contributed by atoms with van der Waals surface area (Å²) < 4.78 is 3.85. The van der Waals surface area contributed by atoms with Crippen LogP contribution in [0.4, 0.5) is 4.79 Å². The van der Waals surface area contributed by atoms with E-state index in [-0.39, 0.29) is 6.61 Å². The zero-order valence-electron chi connectivity index (χ0n) is 11.4. The van der Waals surface area contributed by atoms with Crippen LogP contribution in [0.25, 0.3) is 0 Å². The standard InChI is InChI=1S/C11H15N3O6S/c1-4(15)13-10(19)20-3-11(2)6(9(17)18)14-7(16)5(12)8(14)21-11/h5-6,8H,3,12H2,1-2H3,(H,17,18)(H,13,15,19)/t5-,6+,8?,11+/m1/s1. The Kier molecular flexibility index (Phi) is 3.85. The number of imide groups is 1. The van der Waals surface area contributed by atoms with Crippen LogP contribution >= 0.6 is 11.8 Å². The van der Waals surface area contributed by atoms with Crippen LogP contribution in [-0.2, 0) is 19.1 Å². The van der Waals surface area contributed by atoms with E-state index >= 15 is 0 Å². The lowest BCUT2D eigenvalue weighted by atomic mass is 9.95. The van der Waals surface area contributed by atoms with Gasteiger partial charge in [-0.1, -0.05) is 0 Å². The van der Waals surface area contributed by atoms with Crippen LogP contribution in [0.1, 0.15) is 13.8 Å². The highest BCUT2D eigenvalue weighted by Gasteiger charge is 2.64. The van der Waals surface area contributed by atoms with Gasteiger partial charge >= 0.3 is 12.1 Å². The van der Waals surface area contributed by atoms with Crippen LogP contribution in [0.15, 0.2) is 0 Å². The average Bonchev–Trinajstić information content (AvgIpc) is 2.66. The molecule has 4 N–H and O–H groups in total. The van der Waals surface area contributed by atoms with Gasteiger partial charge in [0.25, 0.3) is 0 Å². The number of nitrogens with two attached hydrogens (primary N) is 1. The fraction of sp³-hybridized carbons (Fsp3) is 0.636. The monoisotopic (exact) mass is 317 g/mol. The molecule has 2 heterocycles. The minimum atomic E-state index is -1.19. The topological polar surface area (TPSA) is 139 Å². The Labute approximate surface area is 124 Å². The largest absolute Gasteiger partial charge is 0.480 e. The number of hydrogen-bond donors (Lipinski definition) is 3. The Hall–Kier alpha value is -1.81. The van der Waals surface area contributed by atoms with Crippen molar-refractivity contribution in [2.45, 2.75) is 36.1 Å². The van der Waals surface area contributed by atoms with Crippen molar-refractivity contribution < 1.29 is 29.0 Å². The number of rotatable bonds is 3. The second-order valence-corrected chi connectivity index (χ2v) is 6.74. The lowest BCUT2D eigenvalue weighted by Crippen LogP contribution is -2.69. The summed E-state index contributed by atoms with van der Waals surface area (Å²) >= 11 is 1.18. The fourth-order valence-electron chi connectivity index (χ4n) is 2.43. The summed E-state index contributed by atoms with van der Waals surface area (Å²) in [5, 5.41) is 10.8. The zero-order chi connectivity index (χ0) is 15.9. The van der Waals surface area contributed by atoms with Gasteiger partial charge in [-0.05, 0) is 6.92 Å². The van der Waals surface area contributed by atoms with Crippen molar-refractivity contribution in [2.24, 2.45) is 5.73 Å². The number of thioether (sulfide) groups is 1. The van der Waals surface area contributed by atoms with Crippen molar-refractivity contribution in [3.63, 3.8) is 0 Å². The summed E-state index contributed by atoms with van der Waals surface area (Å²) in [7, 11) is 0.